The van der Waals surface area contributed by atoms with Gasteiger partial charge in [0.1, 0.15) is 10.7 Å². The fraction of sp³-hybridized carbons (Fsp3) is 0.364. The number of hydrogen-bond acceptors (Lipinski definition) is 5. The quantitative estimate of drug-likeness (QED) is 0.826. The number of rotatable bonds is 5. The summed E-state index contributed by atoms with van der Waals surface area (Å²) in [5.74, 6) is -0.196. The summed E-state index contributed by atoms with van der Waals surface area (Å²) >= 11 is 1.53. The summed E-state index contributed by atoms with van der Waals surface area (Å²) in [6.07, 6.45) is 3.30. The van der Waals surface area contributed by atoms with Crippen LogP contribution in [0.2, 0.25) is 0 Å². The van der Waals surface area contributed by atoms with Crippen LogP contribution in [0.15, 0.2) is 17.9 Å². The van der Waals surface area contributed by atoms with Gasteiger partial charge in [0.25, 0.3) is 5.91 Å². The van der Waals surface area contributed by atoms with E-state index in [2.05, 4.69) is 15.3 Å². The maximum Gasteiger partial charge on any atom is 0.271 e. The number of hydrogen-bond donors (Lipinski definition) is 2. The van der Waals surface area contributed by atoms with Crippen LogP contribution in [0.1, 0.15) is 21.2 Å². The molecule has 0 unspecified atom stereocenters. The van der Waals surface area contributed by atoms with E-state index in [0.29, 0.717) is 25.3 Å². The molecule has 2 heterocycles. The molecule has 0 saturated carbocycles. The summed E-state index contributed by atoms with van der Waals surface area (Å²) in [6, 6.07) is 0. The lowest BCUT2D eigenvalue weighted by Crippen LogP contribution is -2.23. The van der Waals surface area contributed by atoms with Gasteiger partial charge in [0.05, 0.1) is 12.9 Å². The van der Waals surface area contributed by atoms with E-state index in [0.717, 1.165) is 10.7 Å². The Bertz CT molecular complexity index is 533. The van der Waals surface area contributed by atoms with Crippen LogP contribution >= 0.6 is 11.3 Å². The molecule has 2 aromatic rings. The largest absolute Gasteiger partial charge is 0.344 e. The summed E-state index contributed by atoms with van der Waals surface area (Å²) < 4.78 is 1.79. The first-order chi connectivity index (χ1) is 8.69. The highest BCUT2D eigenvalue weighted by molar-refractivity contribution is 7.09. The van der Waals surface area contributed by atoms with Crippen molar-refractivity contribution in [2.75, 3.05) is 6.54 Å². The summed E-state index contributed by atoms with van der Waals surface area (Å²) in [5.41, 5.74) is 6.80. The maximum absolute atomic E-state index is 11.8. The number of nitrogens with zero attached hydrogens (tertiary/aromatic N) is 3. The lowest BCUT2D eigenvalue weighted by molar-refractivity contribution is 0.0946. The first-order valence-corrected chi connectivity index (χ1v) is 6.48. The van der Waals surface area contributed by atoms with Crippen molar-refractivity contribution in [2.24, 2.45) is 5.73 Å². The highest BCUT2D eigenvalue weighted by Gasteiger charge is 2.09. The first kappa shape index (κ1) is 12.7. The van der Waals surface area contributed by atoms with Crippen LogP contribution in [0.4, 0.5) is 0 Å². The molecule has 0 fully saturated rings. The predicted octanol–water partition coefficient (Wildman–Crippen LogP) is 0.537. The Labute approximate surface area is 109 Å². The maximum atomic E-state index is 11.8. The van der Waals surface area contributed by atoms with Gasteiger partial charge in [0, 0.05) is 30.4 Å². The lowest BCUT2D eigenvalue weighted by Gasteiger charge is -1.99. The Morgan fingerprint density at radius 1 is 1.61 bits per heavy atom. The Kier molecular flexibility index (Phi) is 4.06. The lowest BCUT2D eigenvalue weighted by atomic mass is 10.4. The van der Waals surface area contributed by atoms with E-state index in [9.17, 15) is 4.79 Å². The zero-order valence-electron chi connectivity index (χ0n) is 10.1. The van der Waals surface area contributed by atoms with E-state index in [-0.39, 0.29) is 5.91 Å². The second-order valence-corrected chi connectivity index (χ2v) is 4.79. The minimum absolute atomic E-state index is 0.196. The van der Waals surface area contributed by atoms with Crippen molar-refractivity contribution in [1.29, 1.82) is 0 Å². The zero-order chi connectivity index (χ0) is 13.0. The number of nitrogens with one attached hydrogen (secondary N) is 1. The monoisotopic (exact) mass is 265 g/mol. The van der Waals surface area contributed by atoms with Gasteiger partial charge < -0.3 is 15.6 Å². The van der Waals surface area contributed by atoms with E-state index in [1.54, 1.807) is 17.1 Å². The Morgan fingerprint density at radius 3 is 3.11 bits per heavy atom. The van der Waals surface area contributed by atoms with Crippen molar-refractivity contribution >= 4 is 17.2 Å². The van der Waals surface area contributed by atoms with Crippen molar-refractivity contribution in [3.63, 3.8) is 0 Å². The van der Waals surface area contributed by atoms with Gasteiger partial charge >= 0.3 is 0 Å². The molecule has 96 valence electrons. The molecule has 0 aromatic carbocycles. The van der Waals surface area contributed by atoms with Gasteiger partial charge in [-0.3, -0.25) is 4.79 Å². The first-order valence-electron chi connectivity index (χ1n) is 5.60. The molecule has 0 aliphatic carbocycles. The van der Waals surface area contributed by atoms with Gasteiger partial charge in [-0.2, -0.15) is 0 Å². The number of nitrogens with two attached hydrogens (primary N) is 1. The summed E-state index contributed by atoms with van der Waals surface area (Å²) in [7, 11) is 0. The smallest absolute Gasteiger partial charge is 0.271 e. The van der Waals surface area contributed by atoms with Gasteiger partial charge in [-0.1, -0.05) is 0 Å². The van der Waals surface area contributed by atoms with E-state index >= 15 is 0 Å². The summed E-state index contributed by atoms with van der Waals surface area (Å²) in [5, 5.41) is 5.63. The number of carbonyl (C=O) groups excluding carboxylic acids is 1. The minimum atomic E-state index is -0.196. The molecule has 18 heavy (non-hydrogen) atoms. The van der Waals surface area contributed by atoms with Crippen LogP contribution in [-0.4, -0.2) is 27.0 Å². The van der Waals surface area contributed by atoms with Crippen molar-refractivity contribution in [3.8, 4) is 0 Å². The molecular formula is C11H15N5OS. The highest BCUT2D eigenvalue weighted by atomic mass is 32.1. The number of thiazole rings is 1. The SMILES string of the molecule is Cc1csc(CNC(=O)c2cn(CCN)cn2)n1. The van der Waals surface area contributed by atoms with E-state index in [4.69, 9.17) is 5.73 Å². The van der Waals surface area contributed by atoms with Gasteiger partial charge in [-0.05, 0) is 6.92 Å². The predicted molar refractivity (Wildman–Crippen MR) is 69.3 cm³/mol. The molecule has 2 aromatic heterocycles. The van der Waals surface area contributed by atoms with Gasteiger partial charge in [0.2, 0.25) is 0 Å². The van der Waals surface area contributed by atoms with Crippen molar-refractivity contribution in [1.82, 2.24) is 19.9 Å². The molecular weight excluding hydrogens is 250 g/mol. The topological polar surface area (TPSA) is 85.8 Å². The number of carbonyl (C=O) groups is 1. The third kappa shape index (κ3) is 3.14. The van der Waals surface area contributed by atoms with Crippen molar-refractivity contribution in [2.45, 2.75) is 20.0 Å². The zero-order valence-corrected chi connectivity index (χ0v) is 10.9. The van der Waals surface area contributed by atoms with Crippen LogP contribution in [0, 0.1) is 6.92 Å². The second kappa shape index (κ2) is 5.74. The molecule has 0 spiro atoms. The molecule has 2 rings (SSSR count). The number of imidazole rings is 1. The number of aryl methyl sites for hydroxylation is 1. The Balaban J connectivity index is 1.90. The molecule has 7 heteroatoms. The van der Waals surface area contributed by atoms with Crippen LogP contribution in [0.5, 0.6) is 0 Å². The third-order valence-corrected chi connectivity index (χ3v) is 3.29. The fourth-order valence-electron chi connectivity index (χ4n) is 1.48. The Hall–Kier alpha value is -1.73. The normalized spacial score (nSPS) is 10.6. The second-order valence-electron chi connectivity index (χ2n) is 3.85. The third-order valence-electron chi connectivity index (χ3n) is 2.32. The molecule has 0 aliphatic heterocycles. The van der Waals surface area contributed by atoms with Crippen LogP contribution in [-0.2, 0) is 13.1 Å². The molecule has 0 atom stereocenters. The molecule has 1 amide bonds. The van der Waals surface area contributed by atoms with Gasteiger partial charge in [0.15, 0.2) is 0 Å². The molecule has 6 nitrogen and oxygen atoms in total. The van der Waals surface area contributed by atoms with Gasteiger partial charge in [-0.25, -0.2) is 9.97 Å². The minimum Gasteiger partial charge on any atom is -0.344 e. The molecule has 0 saturated heterocycles. The number of aromatic nitrogens is 3. The van der Waals surface area contributed by atoms with E-state index in [1.807, 2.05) is 12.3 Å². The molecule has 0 bridgehead atoms. The average molecular weight is 265 g/mol. The standard InChI is InChI=1S/C11H15N5OS/c1-8-6-18-10(15-8)4-13-11(17)9-5-16(3-2-12)7-14-9/h5-7H,2-4,12H2,1H3,(H,13,17). The van der Waals surface area contributed by atoms with Crippen LogP contribution in [0.25, 0.3) is 0 Å². The van der Waals surface area contributed by atoms with E-state index < -0.39 is 0 Å². The van der Waals surface area contributed by atoms with Crippen LogP contribution < -0.4 is 11.1 Å². The van der Waals surface area contributed by atoms with Crippen LogP contribution in [0.3, 0.4) is 0 Å². The van der Waals surface area contributed by atoms with Crippen molar-refractivity contribution in [3.05, 3.63) is 34.3 Å². The highest BCUT2D eigenvalue weighted by Crippen LogP contribution is 2.08. The molecule has 0 aliphatic rings. The van der Waals surface area contributed by atoms with Gasteiger partial charge in [-0.15, -0.1) is 11.3 Å². The molecule has 3 N–H and O–H groups in total. The summed E-state index contributed by atoms with van der Waals surface area (Å²) in [6.45, 7) is 3.54. The molecule has 0 radical (unpaired) electrons. The van der Waals surface area contributed by atoms with Crippen molar-refractivity contribution < 1.29 is 4.79 Å². The average Bonchev–Trinajstić information content (AvgIpc) is 2.96. The van der Waals surface area contributed by atoms with E-state index in [1.165, 1.54) is 11.3 Å². The fourth-order valence-corrected chi connectivity index (χ4v) is 2.19. The Morgan fingerprint density at radius 2 is 2.44 bits per heavy atom. The summed E-state index contributed by atoms with van der Waals surface area (Å²) in [4.78, 5) is 20.1. The number of amides is 1.